The molecule has 0 fully saturated rings. The van der Waals surface area contributed by atoms with Crippen LogP contribution >= 0.6 is 11.6 Å². The number of esters is 1. The van der Waals surface area contributed by atoms with Crippen LogP contribution in [0.15, 0.2) is 66.7 Å². The van der Waals surface area contributed by atoms with Gasteiger partial charge in [0, 0.05) is 33.0 Å². The number of hydrogen-bond acceptors (Lipinski definition) is 5. The largest absolute Gasteiger partial charge is 0.452 e. The van der Waals surface area contributed by atoms with E-state index in [-0.39, 0.29) is 28.0 Å². The molecule has 0 atom stereocenters. The summed E-state index contributed by atoms with van der Waals surface area (Å²) >= 11 is 5.80. The summed E-state index contributed by atoms with van der Waals surface area (Å²) in [6, 6.07) is 17.3. The van der Waals surface area contributed by atoms with Crippen molar-refractivity contribution in [2.24, 2.45) is 0 Å². The van der Waals surface area contributed by atoms with Gasteiger partial charge in [-0.3, -0.25) is 14.4 Å². The molecule has 7 heteroatoms. The van der Waals surface area contributed by atoms with Gasteiger partial charge in [-0.15, -0.1) is 0 Å². The van der Waals surface area contributed by atoms with E-state index in [0.717, 1.165) is 0 Å². The Morgan fingerprint density at radius 3 is 2.13 bits per heavy atom. The van der Waals surface area contributed by atoms with Gasteiger partial charge in [0.25, 0.3) is 5.91 Å². The number of nitrogens with one attached hydrogen (secondary N) is 1. The van der Waals surface area contributed by atoms with Gasteiger partial charge in [-0.25, -0.2) is 4.79 Å². The topological polar surface area (TPSA) is 89.5 Å². The first kappa shape index (κ1) is 19.5. The first-order valence-electron chi connectivity index (χ1n) is 8.99. The summed E-state index contributed by atoms with van der Waals surface area (Å²) in [5, 5.41) is 3.09. The van der Waals surface area contributed by atoms with Crippen molar-refractivity contribution in [2.75, 3.05) is 11.9 Å². The lowest BCUT2D eigenvalue weighted by atomic mass is 9.82. The Bertz CT molecular complexity index is 1200. The van der Waals surface area contributed by atoms with Crippen molar-refractivity contribution in [2.45, 2.75) is 0 Å². The van der Waals surface area contributed by atoms with Gasteiger partial charge in [-0.1, -0.05) is 48.0 Å². The van der Waals surface area contributed by atoms with Crippen LogP contribution in [0.2, 0.25) is 5.02 Å². The number of amides is 1. The average Bonchev–Trinajstić information content (AvgIpc) is 2.77. The number of ketones is 2. The Labute approximate surface area is 176 Å². The molecule has 0 aromatic heterocycles. The van der Waals surface area contributed by atoms with Crippen LogP contribution < -0.4 is 5.32 Å². The predicted octanol–water partition coefficient (Wildman–Crippen LogP) is 3.91. The highest BCUT2D eigenvalue weighted by molar-refractivity contribution is 6.31. The molecule has 0 aliphatic heterocycles. The van der Waals surface area contributed by atoms with E-state index in [1.165, 1.54) is 18.2 Å². The molecule has 0 spiro atoms. The fraction of sp³-hybridized carbons (Fsp3) is 0.0435. The summed E-state index contributed by atoms with van der Waals surface area (Å²) in [6.45, 7) is -0.552. The predicted molar refractivity (Wildman–Crippen MR) is 110 cm³/mol. The summed E-state index contributed by atoms with van der Waals surface area (Å²) in [5.74, 6) is -2.18. The van der Waals surface area contributed by atoms with E-state index < -0.39 is 24.3 Å². The van der Waals surface area contributed by atoms with Crippen molar-refractivity contribution in [1.29, 1.82) is 0 Å². The number of carbonyl (C=O) groups excluding carboxylic acids is 4. The van der Waals surface area contributed by atoms with Crippen LogP contribution in [-0.4, -0.2) is 30.0 Å². The third-order valence-electron chi connectivity index (χ3n) is 4.63. The molecular weight excluding hydrogens is 406 g/mol. The summed E-state index contributed by atoms with van der Waals surface area (Å²) in [7, 11) is 0. The zero-order valence-corrected chi connectivity index (χ0v) is 16.2. The zero-order chi connectivity index (χ0) is 21.3. The molecule has 3 aromatic carbocycles. The molecule has 1 aliphatic rings. The van der Waals surface area contributed by atoms with E-state index in [4.69, 9.17) is 16.3 Å². The van der Waals surface area contributed by atoms with Crippen LogP contribution in [0.4, 0.5) is 5.69 Å². The normalized spacial score (nSPS) is 12.0. The highest BCUT2D eigenvalue weighted by Gasteiger charge is 2.33. The summed E-state index contributed by atoms with van der Waals surface area (Å²) in [4.78, 5) is 50.3. The molecular formula is C23H14ClNO5. The quantitative estimate of drug-likeness (QED) is 0.506. The van der Waals surface area contributed by atoms with Gasteiger partial charge < -0.3 is 10.1 Å². The SMILES string of the molecule is O=C(COC(=O)c1cccc2c1C(=O)c1ccccc1C2=O)Nc1ccc(Cl)cc1. The van der Waals surface area contributed by atoms with Gasteiger partial charge >= 0.3 is 5.97 Å². The van der Waals surface area contributed by atoms with E-state index in [1.54, 1.807) is 48.5 Å². The third kappa shape index (κ3) is 3.60. The first-order valence-corrected chi connectivity index (χ1v) is 9.37. The van der Waals surface area contributed by atoms with Crippen molar-refractivity contribution in [3.8, 4) is 0 Å². The molecule has 3 aromatic rings. The minimum Gasteiger partial charge on any atom is -0.452 e. The van der Waals surface area contributed by atoms with E-state index in [1.807, 2.05) is 0 Å². The van der Waals surface area contributed by atoms with E-state index in [2.05, 4.69) is 5.32 Å². The highest BCUT2D eigenvalue weighted by atomic mass is 35.5. The maximum atomic E-state index is 12.9. The smallest absolute Gasteiger partial charge is 0.339 e. The van der Waals surface area contributed by atoms with Crippen LogP contribution in [0.25, 0.3) is 0 Å². The number of benzene rings is 3. The second-order valence-electron chi connectivity index (χ2n) is 6.56. The van der Waals surface area contributed by atoms with Crippen molar-refractivity contribution < 1.29 is 23.9 Å². The van der Waals surface area contributed by atoms with Gasteiger partial charge in [-0.2, -0.15) is 0 Å². The van der Waals surface area contributed by atoms with Crippen LogP contribution in [-0.2, 0) is 9.53 Å². The molecule has 0 saturated carbocycles. The molecule has 0 saturated heterocycles. The molecule has 1 N–H and O–H groups in total. The molecule has 30 heavy (non-hydrogen) atoms. The Balaban J connectivity index is 1.53. The van der Waals surface area contributed by atoms with Gasteiger partial charge in [0.2, 0.25) is 0 Å². The lowest BCUT2D eigenvalue weighted by Gasteiger charge is -2.19. The molecule has 6 nitrogen and oxygen atoms in total. The van der Waals surface area contributed by atoms with Gasteiger partial charge in [-0.05, 0) is 30.3 Å². The van der Waals surface area contributed by atoms with Crippen molar-refractivity contribution in [1.82, 2.24) is 0 Å². The number of hydrogen-bond donors (Lipinski definition) is 1. The van der Waals surface area contributed by atoms with Crippen LogP contribution in [0.5, 0.6) is 0 Å². The number of halogens is 1. The van der Waals surface area contributed by atoms with Crippen molar-refractivity contribution in [3.05, 3.63) is 99.6 Å². The Morgan fingerprint density at radius 2 is 1.43 bits per heavy atom. The number of fused-ring (bicyclic) bond motifs is 2. The number of anilines is 1. The maximum absolute atomic E-state index is 12.9. The van der Waals surface area contributed by atoms with Crippen LogP contribution in [0.3, 0.4) is 0 Å². The van der Waals surface area contributed by atoms with Crippen LogP contribution in [0.1, 0.15) is 42.2 Å². The van der Waals surface area contributed by atoms with E-state index in [9.17, 15) is 19.2 Å². The molecule has 4 rings (SSSR count). The Kier molecular flexibility index (Phi) is 5.16. The fourth-order valence-electron chi connectivity index (χ4n) is 3.25. The lowest BCUT2D eigenvalue weighted by Crippen LogP contribution is -2.26. The van der Waals surface area contributed by atoms with Gasteiger partial charge in [0.15, 0.2) is 18.2 Å². The Hall–Kier alpha value is -3.77. The molecule has 0 unspecified atom stereocenters. The average molecular weight is 420 g/mol. The molecule has 0 radical (unpaired) electrons. The first-order chi connectivity index (χ1) is 14.5. The standard InChI is InChI=1S/C23H14ClNO5/c24-13-8-10-14(11-9-13)25-19(26)12-30-23(29)18-7-3-6-17-20(18)22(28)16-5-2-1-4-15(16)21(17)27/h1-11H,12H2,(H,25,26). The fourth-order valence-corrected chi connectivity index (χ4v) is 3.38. The number of rotatable bonds is 4. The van der Waals surface area contributed by atoms with Crippen LogP contribution in [0, 0.1) is 0 Å². The van der Waals surface area contributed by atoms with Gasteiger partial charge in [0.05, 0.1) is 5.56 Å². The summed E-state index contributed by atoms with van der Waals surface area (Å²) in [5.41, 5.74) is 1.09. The molecule has 148 valence electrons. The van der Waals surface area contributed by atoms with E-state index in [0.29, 0.717) is 16.3 Å². The number of ether oxygens (including phenoxy) is 1. The molecule has 1 aliphatic carbocycles. The zero-order valence-electron chi connectivity index (χ0n) is 15.5. The third-order valence-corrected chi connectivity index (χ3v) is 4.89. The highest BCUT2D eigenvalue weighted by Crippen LogP contribution is 2.29. The summed E-state index contributed by atoms with van der Waals surface area (Å²) < 4.78 is 5.08. The molecule has 1 amide bonds. The summed E-state index contributed by atoms with van der Waals surface area (Å²) in [6.07, 6.45) is 0. The minimum absolute atomic E-state index is 0.00990. The lowest BCUT2D eigenvalue weighted by molar-refractivity contribution is -0.119. The van der Waals surface area contributed by atoms with E-state index >= 15 is 0 Å². The van der Waals surface area contributed by atoms with Crippen molar-refractivity contribution in [3.63, 3.8) is 0 Å². The minimum atomic E-state index is -0.862. The molecule has 0 heterocycles. The Morgan fingerprint density at radius 1 is 0.800 bits per heavy atom. The maximum Gasteiger partial charge on any atom is 0.339 e. The van der Waals surface area contributed by atoms with Crippen molar-refractivity contribution >= 4 is 40.7 Å². The number of carbonyl (C=O) groups is 4. The second-order valence-corrected chi connectivity index (χ2v) is 7.00. The monoisotopic (exact) mass is 419 g/mol. The van der Waals surface area contributed by atoms with Gasteiger partial charge in [0.1, 0.15) is 0 Å². The second kappa shape index (κ2) is 7.93. The molecule has 0 bridgehead atoms.